The van der Waals surface area contributed by atoms with Gasteiger partial charge in [0.25, 0.3) is 5.91 Å². The van der Waals surface area contributed by atoms with E-state index in [4.69, 9.17) is 0 Å². The lowest BCUT2D eigenvalue weighted by Crippen LogP contribution is -2.53. The highest BCUT2D eigenvalue weighted by Gasteiger charge is 2.43. The van der Waals surface area contributed by atoms with Crippen molar-refractivity contribution >= 4 is 29.0 Å². The van der Waals surface area contributed by atoms with Gasteiger partial charge in [-0.3, -0.25) is 9.69 Å². The minimum absolute atomic E-state index is 0.0412. The smallest absolute Gasteiger partial charge is 0.322 e. The Morgan fingerprint density at radius 1 is 1.15 bits per heavy atom. The van der Waals surface area contributed by atoms with Gasteiger partial charge < -0.3 is 10.2 Å². The maximum Gasteiger partial charge on any atom is 0.322 e. The Hall–Kier alpha value is -2.34. The van der Waals surface area contributed by atoms with Crippen LogP contribution < -0.4 is 10.2 Å². The van der Waals surface area contributed by atoms with Crippen LogP contribution in [0.1, 0.15) is 35.7 Å². The first-order valence-corrected chi connectivity index (χ1v) is 9.97. The summed E-state index contributed by atoms with van der Waals surface area (Å²) in [5.74, 6) is 0.800. The van der Waals surface area contributed by atoms with E-state index in [1.54, 1.807) is 11.3 Å². The van der Waals surface area contributed by atoms with Gasteiger partial charge in [-0.1, -0.05) is 18.2 Å². The Balaban J connectivity index is 1.47. The molecule has 0 unspecified atom stereocenters. The molecule has 3 amide bonds. The van der Waals surface area contributed by atoms with Crippen LogP contribution in [0.5, 0.6) is 0 Å². The summed E-state index contributed by atoms with van der Waals surface area (Å²) >= 11 is 1.55. The molecule has 2 aromatic rings. The molecule has 1 aromatic heterocycles. The fourth-order valence-corrected chi connectivity index (χ4v) is 4.49. The lowest BCUT2D eigenvalue weighted by molar-refractivity contribution is 0.0457. The van der Waals surface area contributed by atoms with Crippen LogP contribution >= 0.6 is 11.3 Å². The highest BCUT2D eigenvalue weighted by molar-refractivity contribution is 7.08. The second kappa shape index (κ2) is 6.76. The Kier molecular flexibility index (Phi) is 4.44. The topological polar surface area (TPSA) is 52.7 Å². The van der Waals surface area contributed by atoms with Gasteiger partial charge in [-0.05, 0) is 36.9 Å². The number of amides is 3. The van der Waals surface area contributed by atoms with Crippen molar-refractivity contribution in [1.82, 2.24) is 10.2 Å². The van der Waals surface area contributed by atoms with Gasteiger partial charge in [-0.25, -0.2) is 4.79 Å². The molecule has 136 valence electrons. The lowest BCUT2D eigenvalue weighted by atomic mass is 9.82. The van der Waals surface area contributed by atoms with Gasteiger partial charge in [0.05, 0.1) is 5.56 Å². The SMILES string of the molecule is CC(C)NC(=O)N1C[C@H](C2CN(C(=O)c3ccsc3)C2)c2ccccc21. The third-order valence-corrected chi connectivity index (χ3v) is 5.88. The number of carbonyl (C=O) groups is 2. The fourth-order valence-electron chi connectivity index (χ4n) is 3.86. The van der Waals surface area contributed by atoms with Crippen LogP contribution in [0.15, 0.2) is 41.1 Å². The number of fused-ring (bicyclic) bond motifs is 1. The number of nitrogens with one attached hydrogen (secondary N) is 1. The van der Waals surface area contributed by atoms with Gasteiger partial charge in [-0.15, -0.1) is 0 Å². The van der Waals surface area contributed by atoms with Crippen LogP contribution in [0.4, 0.5) is 10.5 Å². The molecule has 0 radical (unpaired) electrons. The van der Waals surface area contributed by atoms with E-state index in [9.17, 15) is 9.59 Å². The van der Waals surface area contributed by atoms with E-state index in [1.165, 1.54) is 5.56 Å². The summed E-state index contributed by atoms with van der Waals surface area (Å²) in [6, 6.07) is 10.1. The Morgan fingerprint density at radius 3 is 2.62 bits per heavy atom. The number of anilines is 1. The monoisotopic (exact) mass is 369 g/mol. The van der Waals surface area contributed by atoms with Crippen molar-refractivity contribution in [2.24, 2.45) is 5.92 Å². The Morgan fingerprint density at radius 2 is 1.92 bits per heavy atom. The van der Waals surface area contributed by atoms with Gasteiger partial charge in [0.1, 0.15) is 0 Å². The summed E-state index contributed by atoms with van der Waals surface area (Å²) in [4.78, 5) is 28.8. The van der Waals surface area contributed by atoms with Gasteiger partial charge in [0.2, 0.25) is 0 Å². The third-order valence-electron chi connectivity index (χ3n) is 5.20. The quantitative estimate of drug-likeness (QED) is 0.900. The summed E-state index contributed by atoms with van der Waals surface area (Å²) in [5, 5.41) is 6.83. The molecule has 0 spiro atoms. The number of likely N-dealkylation sites (tertiary alicyclic amines) is 1. The molecule has 0 aliphatic carbocycles. The van der Waals surface area contributed by atoms with Gasteiger partial charge in [-0.2, -0.15) is 11.3 Å². The number of hydrogen-bond acceptors (Lipinski definition) is 3. The molecular formula is C20H23N3O2S. The number of benzene rings is 1. The van der Waals surface area contributed by atoms with E-state index in [0.717, 1.165) is 24.3 Å². The van der Waals surface area contributed by atoms with E-state index in [0.29, 0.717) is 12.5 Å². The summed E-state index contributed by atoms with van der Waals surface area (Å²) in [5.41, 5.74) is 3.00. The maximum atomic E-state index is 12.6. The van der Waals surface area contributed by atoms with E-state index >= 15 is 0 Å². The number of hydrogen-bond donors (Lipinski definition) is 1. The van der Waals surface area contributed by atoms with Crippen molar-refractivity contribution in [3.8, 4) is 0 Å². The van der Waals surface area contributed by atoms with E-state index < -0.39 is 0 Å². The number of urea groups is 1. The van der Waals surface area contributed by atoms with Crippen molar-refractivity contribution < 1.29 is 9.59 Å². The van der Waals surface area contributed by atoms with Crippen molar-refractivity contribution in [2.75, 3.05) is 24.5 Å². The number of nitrogens with zero attached hydrogens (tertiary/aromatic N) is 2. The molecule has 26 heavy (non-hydrogen) atoms. The van der Waals surface area contributed by atoms with Crippen LogP contribution in [0.3, 0.4) is 0 Å². The second-order valence-corrected chi connectivity index (χ2v) is 8.14. The Bertz CT molecular complexity index is 812. The van der Waals surface area contributed by atoms with Crippen molar-refractivity contribution in [3.05, 3.63) is 52.2 Å². The average molecular weight is 369 g/mol. The van der Waals surface area contributed by atoms with Crippen LogP contribution in [0.2, 0.25) is 0 Å². The normalized spacial score (nSPS) is 19.4. The van der Waals surface area contributed by atoms with Gasteiger partial charge >= 0.3 is 6.03 Å². The van der Waals surface area contributed by atoms with Crippen molar-refractivity contribution in [2.45, 2.75) is 25.8 Å². The second-order valence-electron chi connectivity index (χ2n) is 7.36. The van der Waals surface area contributed by atoms with Crippen molar-refractivity contribution in [1.29, 1.82) is 0 Å². The molecule has 3 heterocycles. The largest absolute Gasteiger partial charge is 0.338 e. The molecule has 4 rings (SSSR count). The third kappa shape index (κ3) is 2.98. The molecule has 5 nitrogen and oxygen atoms in total. The van der Waals surface area contributed by atoms with Crippen LogP contribution in [0.25, 0.3) is 0 Å². The zero-order chi connectivity index (χ0) is 18.3. The minimum atomic E-state index is -0.0412. The number of carbonyl (C=O) groups excluding carboxylic acids is 2. The van der Waals surface area contributed by atoms with Gasteiger partial charge in [0, 0.05) is 48.6 Å². The van der Waals surface area contributed by atoms with Gasteiger partial charge in [0.15, 0.2) is 0 Å². The first-order valence-electron chi connectivity index (χ1n) is 9.03. The summed E-state index contributed by atoms with van der Waals surface area (Å²) in [7, 11) is 0. The predicted molar refractivity (Wildman–Crippen MR) is 104 cm³/mol. The molecule has 0 saturated carbocycles. The molecular weight excluding hydrogens is 346 g/mol. The van der Waals surface area contributed by atoms with E-state index in [-0.39, 0.29) is 23.9 Å². The van der Waals surface area contributed by atoms with Crippen LogP contribution in [-0.4, -0.2) is 42.5 Å². The molecule has 1 saturated heterocycles. The molecule has 6 heteroatoms. The summed E-state index contributed by atoms with van der Waals surface area (Å²) < 4.78 is 0. The molecule has 2 aliphatic heterocycles. The van der Waals surface area contributed by atoms with E-state index in [2.05, 4.69) is 11.4 Å². The Labute approximate surface area is 157 Å². The van der Waals surface area contributed by atoms with E-state index in [1.807, 2.05) is 58.7 Å². The highest BCUT2D eigenvalue weighted by Crippen LogP contribution is 2.43. The number of rotatable bonds is 3. The molecule has 1 N–H and O–H groups in total. The first-order chi connectivity index (χ1) is 12.5. The zero-order valence-electron chi connectivity index (χ0n) is 15.0. The molecule has 1 aromatic carbocycles. The predicted octanol–water partition coefficient (Wildman–Crippen LogP) is 3.54. The summed E-state index contributed by atoms with van der Waals surface area (Å²) in [6.45, 7) is 6.14. The lowest BCUT2D eigenvalue weighted by Gasteiger charge is -2.42. The molecule has 2 aliphatic rings. The highest BCUT2D eigenvalue weighted by atomic mass is 32.1. The number of thiophene rings is 1. The average Bonchev–Trinajstić information content (AvgIpc) is 3.21. The molecule has 0 bridgehead atoms. The maximum absolute atomic E-state index is 12.6. The molecule has 1 atom stereocenters. The fraction of sp³-hybridized carbons (Fsp3) is 0.400. The first kappa shape index (κ1) is 17.1. The van der Waals surface area contributed by atoms with Crippen molar-refractivity contribution in [3.63, 3.8) is 0 Å². The van der Waals surface area contributed by atoms with Crippen LogP contribution in [-0.2, 0) is 0 Å². The summed E-state index contributed by atoms with van der Waals surface area (Å²) in [6.07, 6.45) is 0. The minimum Gasteiger partial charge on any atom is -0.338 e. The number of para-hydroxylation sites is 1. The molecule has 1 fully saturated rings. The van der Waals surface area contributed by atoms with Crippen LogP contribution in [0, 0.1) is 5.92 Å². The standard InChI is InChI=1S/C20H23N3O2S/c1-13(2)21-20(25)23-11-17(16-5-3-4-6-18(16)23)15-9-22(10-15)19(24)14-7-8-26-12-14/h3-8,12-13,15,17H,9-11H2,1-2H3,(H,21,25)/t17-/m1/s1. The zero-order valence-corrected chi connectivity index (χ0v) is 15.8.